The van der Waals surface area contributed by atoms with Gasteiger partial charge in [0.05, 0.1) is 5.92 Å². The zero-order valence-electron chi connectivity index (χ0n) is 11.9. The van der Waals surface area contributed by atoms with Gasteiger partial charge in [0, 0.05) is 18.7 Å². The summed E-state index contributed by atoms with van der Waals surface area (Å²) in [5.41, 5.74) is 5.47. The number of aryl methyl sites for hydroxylation is 2. The number of hydrogen-bond donors (Lipinski definition) is 1. The number of fused-ring (bicyclic) bond motifs is 1. The number of rotatable bonds is 2. The lowest BCUT2D eigenvalue weighted by molar-refractivity contribution is 0.0954. The maximum absolute atomic E-state index is 12.9. The third kappa shape index (κ3) is 2.27. The minimum atomic E-state index is -0.0690. The fourth-order valence-electron chi connectivity index (χ4n) is 2.92. The average Bonchev–Trinajstić information content (AvgIpc) is 2.48. The van der Waals surface area contributed by atoms with Crippen LogP contribution in [0.15, 0.2) is 42.5 Å². The quantitative estimate of drug-likeness (QED) is 0.843. The van der Waals surface area contributed by atoms with Gasteiger partial charge in [-0.3, -0.25) is 4.79 Å². The largest absolute Gasteiger partial charge is 0.312 e. The highest BCUT2D eigenvalue weighted by Gasteiger charge is 2.27. The molecule has 1 aliphatic rings. The van der Waals surface area contributed by atoms with Crippen LogP contribution in [0.4, 0.5) is 0 Å². The van der Waals surface area contributed by atoms with E-state index in [2.05, 4.69) is 23.5 Å². The molecule has 0 aliphatic carbocycles. The van der Waals surface area contributed by atoms with Gasteiger partial charge in [-0.2, -0.15) is 0 Å². The fourth-order valence-corrected chi connectivity index (χ4v) is 2.92. The predicted octanol–water partition coefficient (Wildman–Crippen LogP) is 3.37. The van der Waals surface area contributed by atoms with Crippen LogP contribution in [0, 0.1) is 13.8 Å². The molecule has 3 rings (SSSR count). The van der Waals surface area contributed by atoms with Gasteiger partial charge in [-0.25, -0.2) is 0 Å². The van der Waals surface area contributed by atoms with Crippen LogP contribution in [0.3, 0.4) is 0 Å². The topological polar surface area (TPSA) is 29.1 Å². The van der Waals surface area contributed by atoms with Crippen LogP contribution in [0.1, 0.15) is 38.5 Å². The Morgan fingerprint density at radius 2 is 1.95 bits per heavy atom. The molecule has 0 aromatic heterocycles. The Hall–Kier alpha value is -1.93. The third-order valence-corrected chi connectivity index (χ3v) is 4.07. The van der Waals surface area contributed by atoms with E-state index in [0.29, 0.717) is 0 Å². The molecule has 0 saturated heterocycles. The van der Waals surface area contributed by atoms with Crippen molar-refractivity contribution in [2.75, 3.05) is 6.54 Å². The van der Waals surface area contributed by atoms with Gasteiger partial charge >= 0.3 is 0 Å². The number of hydrogen-bond acceptors (Lipinski definition) is 2. The van der Waals surface area contributed by atoms with Gasteiger partial charge in [0.2, 0.25) is 0 Å². The zero-order chi connectivity index (χ0) is 14.1. The van der Waals surface area contributed by atoms with Gasteiger partial charge in [0.25, 0.3) is 0 Å². The Balaban J connectivity index is 2.02. The van der Waals surface area contributed by atoms with E-state index in [4.69, 9.17) is 0 Å². The lowest BCUT2D eigenvalue weighted by atomic mass is 9.84. The minimum absolute atomic E-state index is 0.0690. The van der Waals surface area contributed by atoms with Crippen molar-refractivity contribution in [2.45, 2.75) is 26.3 Å². The van der Waals surface area contributed by atoms with Crippen LogP contribution < -0.4 is 5.32 Å². The second-order valence-electron chi connectivity index (χ2n) is 5.56. The average molecular weight is 265 g/mol. The van der Waals surface area contributed by atoms with E-state index in [9.17, 15) is 4.79 Å². The molecule has 0 bridgehead atoms. The second kappa shape index (κ2) is 5.22. The van der Waals surface area contributed by atoms with Crippen molar-refractivity contribution in [3.05, 3.63) is 70.3 Å². The first-order chi connectivity index (χ1) is 9.66. The van der Waals surface area contributed by atoms with E-state index >= 15 is 0 Å². The maximum Gasteiger partial charge on any atom is 0.171 e. The van der Waals surface area contributed by atoms with Gasteiger partial charge < -0.3 is 5.32 Å². The van der Waals surface area contributed by atoms with Gasteiger partial charge in [0.1, 0.15) is 0 Å². The molecule has 1 heterocycles. The molecule has 0 amide bonds. The molecule has 1 atom stereocenters. The summed E-state index contributed by atoms with van der Waals surface area (Å²) in [5, 5.41) is 3.35. The SMILES string of the molecule is Cc1ccc(C)c(C(=O)C2CNCc3ccccc32)c1. The Kier molecular flexibility index (Phi) is 3.41. The van der Waals surface area contributed by atoms with Crippen LogP contribution in [0.5, 0.6) is 0 Å². The van der Waals surface area contributed by atoms with Crippen molar-refractivity contribution < 1.29 is 4.79 Å². The first-order valence-electron chi connectivity index (χ1n) is 7.07. The second-order valence-corrected chi connectivity index (χ2v) is 5.56. The molecule has 2 heteroatoms. The molecule has 2 aromatic rings. The summed E-state index contributed by atoms with van der Waals surface area (Å²) < 4.78 is 0. The van der Waals surface area contributed by atoms with Crippen molar-refractivity contribution in [3.63, 3.8) is 0 Å². The highest BCUT2D eigenvalue weighted by molar-refractivity contribution is 6.02. The van der Waals surface area contributed by atoms with Crippen molar-refractivity contribution in [1.82, 2.24) is 5.32 Å². The number of nitrogens with one attached hydrogen (secondary N) is 1. The molecule has 102 valence electrons. The maximum atomic E-state index is 12.9. The molecule has 2 nitrogen and oxygen atoms in total. The fraction of sp³-hybridized carbons (Fsp3) is 0.278. The first-order valence-corrected chi connectivity index (χ1v) is 7.07. The molecule has 0 saturated carbocycles. The van der Waals surface area contributed by atoms with Crippen LogP contribution in [0.25, 0.3) is 0 Å². The summed E-state index contributed by atoms with van der Waals surface area (Å²) in [6, 6.07) is 14.3. The normalized spacial score (nSPS) is 17.6. The Morgan fingerprint density at radius 1 is 1.15 bits per heavy atom. The van der Waals surface area contributed by atoms with E-state index in [-0.39, 0.29) is 11.7 Å². The Labute approximate surface area is 119 Å². The zero-order valence-corrected chi connectivity index (χ0v) is 11.9. The van der Waals surface area contributed by atoms with Crippen LogP contribution in [-0.4, -0.2) is 12.3 Å². The Morgan fingerprint density at radius 3 is 2.80 bits per heavy atom. The number of benzene rings is 2. The lowest BCUT2D eigenvalue weighted by Gasteiger charge is -2.26. The van der Waals surface area contributed by atoms with Crippen molar-refractivity contribution in [1.29, 1.82) is 0 Å². The highest BCUT2D eigenvalue weighted by atomic mass is 16.1. The minimum Gasteiger partial charge on any atom is -0.312 e. The van der Waals surface area contributed by atoms with E-state index in [0.717, 1.165) is 29.8 Å². The van der Waals surface area contributed by atoms with Crippen LogP contribution in [0.2, 0.25) is 0 Å². The van der Waals surface area contributed by atoms with Crippen molar-refractivity contribution in [3.8, 4) is 0 Å². The first kappa shape index (κ1) is 13.1. The molecule has 1 unspecified atom stereocenters. The number of carbonyl (C=O) groups excluding carboxylic acids is 1. The lowest BCUT2D eigenvalue weighted by Crippen LogP contribution is -2.33. The third-order valence-electron chi connectivity index (χ3n) is 4.07. The highest BCUT2D eigenvalue weighted by Crippen LogP contribution is 2.28. The summed E-state index contributed by atoms with van der Waals surface area (Å²) in [4.78, 5) is 12.9. The monoisotopic (exact) mass is 265 g/mol. The summed E-state index contributed by atoms with van der Waals surface area (Å²) >= 11 is 0. The standard InChI is InChI=1S/C18H19NO/c1-12-7-8-13(2)16(9-12)18(20)17-11-19-10-14-5-3-4-6-15(14)17/h3-9,17,19H,10-11H2,1-2H3. The summed E-state index contributed by atoms with van der Waals surface area (Å²) in [5.74, 6) is 0.159. The Bertz CT molecular complexity index is 660. The molecule has 0 fully saturated rings. The van der Waals surface area contributed by atoms with Gasteiger partial charge in [-0.1, -0.05) is 42.0 Å². The smallest absolute Gasteiger partial charge is 0.171 e. The number of ketones is 1. The summed E-state index contributed by atoms with van der Waals surface area (Å²) in [7, 11) is 0. The van der Waals surface area contributed by atoms with E-state index in [1.54, 1.807) is 0 Å². The summed E-state index contributed by atoms with van der Waals surface area (Å²) in [6.45, 7) is 5.62. The van der Waals surface area contributed by atoms with E-state index in [1.165, 1.54) is 11.1 Å². The molecular formula is C18H19NO. The molecule has 0 radical (unpaired) electrons. The molecule has 0 spiro atoms. The molecule has 20 heavy (non-hydrogen) atoms. The van der Waals surface area contributed by atoms with Gasteiger partial charge in [-0.15, -0.1) is 0 Å². The van der Waals surface area contributed by atoms with Crippen molar-refractivity contribution in [2.24, 2.45) is 0 Å². The van der Waals surface area contributed by atoms with Crippen LogP contribution in [-0.2, 0) is 6.54 Å². The molecule has 2 aromatic carbocycles. The van der Waals surface area contributed by atoms with Gasteiger partial charge in [0.15, 0.2) is 5.78 Å². The summed E-state index contributed by atoms with van der Waals surface area (Å²) in [6.07, 6.45) is 0. The van der Waals surface area contributed by atoms with Crippen molar-refractivity contribution >= 4 is 5.78 Å². The number of Topliss-reactive ketones (excluding diaryl/α,β-unsaturated/α-hetero) is 1. The molecule has 1 aliphatic heterocycles. The van der Waals surface area contributed by atoms with Crippen LogP contribution >= 0.6 is 0 Å². The predicted molar refractivity (Wildman–Crippen MR) is 81.1 cm³/mol. The molecule has 1 N–H and O–H groups in total. The van der Waals surface area contributed by atoms with E-state index in [1.807, 2.05) is 38.1 Å². The van der Waals surface area contributed by atoms with Gasteiger partial charge in [-0.05, 0) is 36.6 Å². The van der Waals surface area contributed by atoms with E-state index < -0.39 is 0 Å². The number of carbonyl (C=O) groups is 1. The molecular weight excluding hydrogens is 246 g/mol.